The summed E-state index contributed by atoms with van der Waals surface area (Å²) in [5.41, 5.74) is 4.69. The summed E-state index contributed by atoms with van der Waals surface area (Å²) in [6.45, 7) is 6.44. The fourth-order valence-corrected chi connectivity index (χ4v) is 4.33. The van der Waals surface area contributed by atoms with E-state index >= 15 is 0 Å². The predicted octanol–water partition coefficient (Wildman–Crippen LogP) is 5.17. The summed E-state index contributed by atoms with van der Waals surface area (Å²) in [5, 5.41) is 15.8. The van der Waals surface area contributed by atoms with E-state index < -0.39 is 11.7 Å². The molecule has 0 saturated heterocycles. The van der Waals surface area contributed by atoms with Crippen molar-refractivity contribution in [2.75, 3.05) is 11.9 Å². The summed E-state index contributed by atoms with van der Waals surface area (Å²) < 4.78 is 14.7. The lowest BCUT2D eigenvalue weighted by Crippen LogP contribution is -2.45. The number of halogens is 1. The number of rotatable bonds is 3. The van der Waals surface area contributed by atoms with Gasteiger partial charge in [-0.1, -0.05) is 31.2 Å². The van der Waals surface area contributed by atoms with Crippen molar-refractivity contribution in [2.45, 2.75) is 38.6 Å². The first-order valence-electron chi connectivity index (χ1n) is 10.3. The number of hydrogen-bond acceptors (Lipinski definition) is 4. The molecule has 2 N–H and O–H groups in total. The number of hydrogen-bond donors (Lipinski definition) is 2. The summed E-state index contributed by atoms with van der Waals surface area (Å²) in [7, 11) is 1.98. The van der Waals surface area contributed by atoms with Gasteiger partial charge in [0, 0.05) is 23.8 Å². The van der Waals surface area contributed by atoms with Crippen LogP contribution < -0.4 is 10.3 Å². The standard InChI is InChI=1S/C25H26FN3O2/c1-15-13-25(2,3)29(4)22-12-21(26)18(10-19(15)22)14-27-28-24(31)20-9-16-7-5-6-8-17(16)11-23(20)30/h5-12,14-15,30H,13H2,1-4H3,(H,28,31)/b27-14-. The van der Waals surface area contributed by atoms with Gasteiger partial charge in [-0.25, -0.2) is 9.82 Å². The van der Waals surface area contributed by atoms with Gasteiger partial charge < -0.3 is 10.0 Å². The van der Waals surface area contributed by atoms with Gasteiger partial charge in [-0.3, -0.25) is 4.79 Å². The minimum atomic E-state index is -0.562. The van der Waals surface area contributed by atoms with E-state index in [2.05, 4.69) is 36.2 Å². The second-order valence-electron chi connectivity index (χ2n) is 8.82. The number of amides is 1. The molecule has 1 aliphatic rings. The third-order valence-corrected chi connectivity index (χ3v) is 6.23. The van der Waals surface area contributed by atoms with Crippen molar-refractivity contribution in [1.82, 2.24) is 5.43 Å². The van der Waals surface area contributed by atoms with Gasteiger partial charge in [-0.05, 0) is 66.8 Å². The van der Waals surface area contributed by atoms with Crippen LogP contribution in [0.5, 0.6) is 5.75 Å². The molecule has 0 radical (unpaired) electrons. The van der Waals surface area contributed by atoms with Crippen molar-refractivity contribution in [3.63, 3.8) is 0 Å². The van der Waals surface area contributed by atoms with Crippen LogP contribution in [0.2, 0.25) is 0 Å². The summed E-state index contributed by atoms with van der Waals surface area (Å²) in [6, 6.07) is 13.9. The van der Waals surface area contributed by atoms with Crippen molar-refractivity contribution in [2.24, 2.45) is 5.10 Å². The normalized spacial score (nSPS) is 17.7. The van der Waals surface area contributed by atoms with Crippen LogP contribution >= 0.6 is 0 Å². The number of nitrogens with zero attached hydrogens (tertiary/aromatic N) is 2. The van der Waals surface area contributed by atoms with Gasteiger partial charge in [-0.15, -0.1) is 0 Å². The first-order valence-corrected chi connectivity index (χ1v) is 10.3. The Hall–Kier alpha value is -3.41. The SMILES string of the molecule is CC1CC(C)(C)N(C)c2cc(F)c(/C=N\NC(=O)c3cc4ccccc4cc3O)cc21. The molecule has 0 spiro atoms. The summed E-state index contributed by atoms with van der Waals surface area (Å²) >= 11 is 0. The van der Waals surface area contributed by atoms with Crippen LogP contribution in [0, 0.1) is 5.82 Å². The summed E-state index contributed by atoms with van der Waals surface area (Å²) in [5.74, 6) is -0.821. The van der Waals surface area contributed by atoms with Crippen molar-refractivity contribution in [3.8, 4) is 5.75 Å². The van der Waals surface area contributed by atoms with Crippen LogP contribution in [0.4, 0.5) is 10.1 Å². The second kappa shape index (κ2) is 7.69. The van der Waals surface area contributed by atoms with Crippen LogP contribution in [0.15, 0.2) is 53.6 Å². The lowest BCUT2D eigenvalue weighted by atomic mass is 9.80. The summed E-state index contributed by atoms with van der Waals surface area (Å²) in [4.78, 5) is 14.6. The second-order valence-corrected chi connectivity index (χ2v) is 8.82. The lowest BCUT2D eigenvalue weighted by molar-refractivity contribution is 0.0952. The van der Waals surface area contributed by atoms with Crippen LogP contribution in [-0.2, 0) is 0 Å². The molecule has 6 heteroatoms. The van der Waals surface area contributed by atoms with Gasteiger partial charge in [0.15, 0.2) is 0 Å². The monoisotopic (exact) mass is 419 g/mol. The molecule has 1 aliphatic heterocycles. The van der Waals surface area contributed by atoms with Gasteiger partial charge in [0.05, 0.1) is 11.8 Å². The molecular weight excluding hydrogens is 393 g/mol. The number of aromatic hydroxyl groups is 1. The Labute approximate surface area is 181 Å². The molecule has 1 unspecified atom stereocenters. The van der Waals surface area contributed by atoms with Crippen molar-refractivity contribution in [3.05, 3.63) is 71.0 Å². The Morgan fingerprint density at radius 3 is 2.61 bits per heavy atom. The minimum absolute atomic E-state index is 0.0513. The molecule has 0 fully saturated rings. The molecule has 1 heterocycles. The van der Waals surface area contributed by atoms with E-state index in [9.17, 15) is 14.3 Å². The van der Waals surface area contributed by atoms with Gasteiger partial charge in [0.1, 0.15) is 11.6 Å². The van der Waals surface area contributed by atoms with Gasteiger partial charge in [-0.2, -0.15) is 5.10 Å². The Morgan fingerprint density at radius 2 is 1.90 bits per heavy atom. The highest BCUT2D eigenvalue weighted by atomic mass is 19.1. The number of carbonyl (C=O) groups is 1. The first-order chi connectivity index (χ1) is 14.7. The zero-order valence-corrected chi connectivity index (χ0v) is 18.1. The van der Waals surface area contributed by atoms with Crippen LogP contribution in [-0.4, -0.2) is 29.8 Å². The maximum absolute atomic E-state index is 14.7. The van der Waals surface area contributed by atoms with E-state index in [1.165, 1.54) is 18.3 Å². The molecule has 0 aliphatic carbocycles. The topological polar surface area (TPSA) is 64.9 Å². The van der Waals surface area contributed by atoms with Crippen LogP contribution in [0.1, 0.15) is 54.6 Å². The number of carbonyl (C=O) groups excluding carboxylic acids is 1. The molecular formula is C25H26FN3O2. The molecule has 0 saturated carbocycles. The molecule has 0 aromatic heterocycles. The first kappa shape index (κ1) is 20.8. The molecule has 160 valence electrons. The summed E-state index contributed by atoms with van der Waals surface area (Å²) in [6.07, 6.45) is 2.26. The average Bonchev–Trinajstić information content (AvgIpc) is 2.72. The zero-order valence-electron chi connectivity index (χ0n) is 18.1. The highest BCUT2D eigenvalue weighted by molar-refractivity contribution is 6.01. The Bertz CT molecular complexity index is 1200. The quantitative estimate of drug-likeness (QED) is 0.455. The van der Waals surface area contributed by atoms with E-state index in [1.54, 1.807) is 12.1 Å². The Kier molecular flexibility index (Phi) is 5.17. The molecule has 31 heavy (non-hydrogen) atoms. The fourth-order valence-electron chi connectivity index (χ4n) is 4.33. The molecule has 1 atom stereocenters. The number of hydrazone groups is 1. The molecule has 5 nitrogen and oxygen atoms in total. The van der Waals surface area contributed by atoms with Gasteiger partial charge >= 0.3 is 0 Å². The number of anilines is 1. The van der Waals surface area contributed by atoms with Crippen LogP contribution in [0.3, 0.4) is 0 Å². The van der Waals surface area contributed by atoms with Crippen molar-refractivity contribution in [1.29, 1.82) is 0 Å². The van der Waals surface area contributed by atoms with E-state index in [1.807, 2.05) is 31.3 Å². The highest BCUT2D eigenvalue weighted by Crippen LogP contribution is 2.43. The highest BCUT2D eigenvalue weighted by Gasteiger charge is 2.34. The van der Waals surface area contributed by atoms with Crippen molar-refractivity contribution >= 4 is 28.6 Å². The number of phenolic OH excluding ortho intramolecular Hbond substituents is 1. The minimum Gasteiger partial charge on any atom is -0.507 e. The zero-order chi connectivity index (χ0) is 22.3. The molecule has 1 amide bonds. The molecule has 3 aromatic carbocycles. The van der Waals surface area contributed by atoms with E-state index in [0.717, 1.165) is 28.4 Å². The Morgan fingerprint density at radius 1 is 1.23 bits per heavy atom. The predicted molar refractivity (Wildman–Crippen MR) is 123 cm³/mol. The largest absolute Gasteiger partial charge is 0.507 e. The average molecular weight is 420 g/mol. The van der Waals surface area contributed by atoms with Gasteiger partial charge in [0.25, 0.3) is 5.91 Å². The number of benzene rings is 3. The molecule has 0 bridgehead atoms. The van der Waals surface area contributed by atoms with E-state index in [4.69, 9.17) is 0 Å². The fraction of sp³-hybridized carbons (Fsp3) is 0.280. The molecule has 4 rings (SSSR count). The Balaban J connectivity index is 1.57. The number of fused-ring (bicyclic) bond motifs is 2. The molecule has 3 aromatic rings. The van der Waals surface area contributed by atoms with E-state index in [-0.39, 0.29) is 22.8 Å². The van der Waals surface area contributed by atoms with E-state index in [0.29, 0.717) is 5.56 Å². The number of phenols is 1. The maximum atomic E-state index is 14.7. The van der Waals surface area contributed by atoms with Crippen LogP contribution in [0.25, 0.3) is 10.8 Å². The number of nitrogens with one attached hydrogen (secondary N) is 1. The third-order valence-electron chi connectivity index (χ3n) is 6.23. The maximum Gasteiger partial charge on any atom is 0.275 e. The third kappa shape index (κ3) is 3.85. The lowest BCUT2D eigenvalue weighted by Gasteiger charge is -2.45. The van der Waals surface area contributed by atoms with Crippen molar-refractivity contribution < 1.29 is 14.3 Å². The smallest absolute Gasteiger partial charge is 0.275 e. The van der Waals surface area contributed by atoms with Gasteiger partial charge in [0.2, 0.25) is 0 Å².